The van der Waals surface area contributed by atoms with Gasteiger partial charge < -0.3 is 10.2 Å². The minimum Gasteiger partial charge on any atom is -0.368 e. The normalized spacial score (nSPS) is 12.3. The molecule has 0 aliphatic rings. The predicted molar refractivity (Wildman–Crippen MR) is 181 cm³/mol. The molecule has 42 heavy (non-hydrogen) atoms. The highest BCUT2D eigenvalue weighted by Gasteiger charge is 2.38. The average molecular weight is 615 g/mol. The molecule has 4 heterocycles. The molecule has 0 fully saturated rings. The Labute approximate surface area is 258 Å². The van der Waals surface area contributed by atoms with Crippen LogP contribution in [0.1, 0.15) is 19.5 Å². The summed E-state index contributed by atoms with van der Waals surface area (Å²) >= 11 is 6.15. The summed E-state index contributed by atoms with van der Waals surface area (Å²) in [5.74, 6) is 6.53. The molecule has 8 rings (SSSR count). The van der Waals surface area contributed by atoms with Crippen LogP contribution in [0.15, 0.2) is 121 Å². The van der Waals surface area contributed by atoms with Crippen molar-refractivity contribution in [1.82, 2.24) is 0 Å². The Bertz CT molecular complexity index is 1880. The van der Waals surface area contributed by atoms with Crippen LogP contribution in [-0.4, -0.2) is 10.2 Å². The first-order valence-electron chi connectivity index (χ1n) is 13.4. The molecule has 0 spiro atoms. The van der Waals surface area contributed by atoms with Crippen LogP contribution in [0.2, 0.25) is 0 Å². The van der Waals surface area contributed by atoms with Gasteiger partial charge in [0.2, 0.25) is 0 Å². The molecular weight excluding hydrogens is 593 g/mol. The third kappa shape index (κ3) is 4.21. The Kier molecular flexibility index (Phi) is 6.09. The van der Waals surface area contributed by atoms with Gasteiger partial charge in [-0.05, 0) is 70.1 Å². The van der Waals surface area contributed by atoms with E-state index < -0.39 is 11.2 Å². The van der Waals surface area contributed by atoms with Crippen molar-refractivity contribution in [2.24, 2.45) is 0 Å². The van der Waals surface area contributed by atoms with Crippen molar-refractivity contribution in [2.45, 2.75) is 11.2 Å². The summed E-state index contributed by atoms with van der Waals surface area (Å²) in [7, 11) is 0. The maximum Gasteiger partial charge on any atom is 0.195 e. The topological polar surface area (TPSA) is 40.5 Å². The van der Waals surface area contributed by atoms with Crippen molar-refractivity contribution in [2.75, 3.05) is 0 Å². The number of hydrogen-bond acceptors (Lipinski definition) is 6. The zero-order valence-electron chi connectivity index (χ0n) is 22.1. The lowest BCUT2D eigenvalue weighted by atomic mass is 9.94. The number of hydrogen-bond donors (Lipinski definition) is 2. The molecule has 0 aliphatic carbocycles. The van der Waals surface area contributed by atoms with Gasteiger partial charge in [-0.2, -0.15) is 0 Å². The molecule has 0 aliphatic heterocycles. The molecule has 0 unspecified atom stereocenters. The molecule has 0 atom stereocenters. The summed E-state index contributed by atoms with van der Waals surface area (Å²) in [6, 6.07) is 40.6. The fraction of sp³-hybridized carbons (Fsp3) is 0.0556. The van der Waals surface area contributed by atoms with Gasteiger partial charge in [0.05, 0.1) is 19.5 Å². The molecule has 4 aromatic heterocycles. The van der Waals surface area contributed by atoms with E-state index in [0.717, 1.165) is 59.9 Å². The highest BCUT2D eigenvalue weighted by Crippen LogP contribution is 2.45. The fourth-order valence-electron chi connectivity index (χ4n) is 5.31. The van der Waals surface area contributed by atoms with E-state index in [9.17, 15) is 10.2 Å². The third-order valence-electron chi connectivity index (χ3n) is 7.55. The Morgan fingerprint density at radius 3 is 0.857 bits per heavy atom. The standard InChI is InChI=1S/C36H22O2S4/c37-35(31-19-23-9-1-5-13-27(23)39-31,32-20-24-10-2-6-14-28(24)40-32)17-18-36(38,33-21-25-11-3-7-15-29(25)41-33)34-22-26-12-4-8-16-30(26)42-34/h1-16,19-22,37-38H. The van der Waals surface area contributed by atoms with Gasteiger partial charge in [0.1, 0.15) is 0 Å². The quantitative estimate of drug-likeness (QED) is 0.194. The van der Waals surface area contributed by atoms with Crippen LogP contribution in [-0.2, 0) is 11.2 Å². The first-order chi connectivity index (χ1) is 20.5. The number of benzene rings is 4. The number of thiophene rings is 4. The van der Waals surface area contributed by atoms with Crippen LogP contribution in [0.5, 0.6) is 0 Å². The third-order valence-corrected chi connectivity index (χ3v) is 12.5. The Balaban J connectivity index is 1.38. The maximum atomic E-state index is 12.6. The maximum absolute atomic E-state index is 12.6. The van der Waals surface area contributed by atoms with Gasteiger partial charge in [-0.25, -0.2) is 0 Å². The van der Waals surface area contributed by atoms with Crippen molar-refractivity contribution in [3.63, 3.8) is 0 Å². The Hall–Kier alpha value is -3.80. The van der Waals surface area contributed by atoms with Gasteiger partial charge in [0, 0.05) is 18.8 Å². The molecule has 6 heteroatoms. The molecule has 4 aromatic carbocycles. The molecule has 2 N–H and O–H groups in total. The number of fused-ring (bicyclic) bond motifs is 4. The molecular formula is C36H22O2S4. The van der Waals surface area contributed by atoms with Crippen LogP contribution in [0, 0.1) is 11.8 Å². The average Bonchev–Trinajstić information content (AvgIpc) is 3.82. The molecule has 0 saturated carbocycles. The first-order valence-corrected chi connectivity index (χ1v) is 16.7. The summed E-state index contributed by atoms with van der Waals surface area (Å²) in [6.07, 6.45) is 0. The van der Waals surface area contributed by atoms with Crippen molar-refractivity contribution >= 4 is 85.7 Å². The van der Waals surface area contributed by atoms with Gasteiger partial charge >= 0.3 is 0 Å². The van der Waals surface area contributed by atoms with E-state index in [1.54, 1.807) is 0 Å². The van der Waals surface area contributed by atoms with E-state index in [2.05, 4.69) is 60.4 Å². The molecule has 0 radical (unpaired) electrons. The molecule has 0 saturated heterocycles. The van der Waals surface area contributed by atoms with E-state index in [1.807, 2.05) is 72.8 Å². The van der Waals surface area contributed by atoms with Crippen LogP contribution >= 0.6 is 45.3 Å². The molecule has 8 aromatic rings. The van der Waals surface area contributed by atoms with Gasteiger partial charge in [-0.1, -0.05) is 84.6 Å². The summed E-state index contributed by atoms with van der Waals surface area (Å²) in [6.45, 7) is 0. The lowest BCUT2D eigenvalue weighted by molar-refractivity contribution is 0.141. The summed E-state index contributed by atoms with van der Waals surface area (Å²) < 4.78 is 4.33. The largest absolute Gasteiger partial charge is 0.368 e. The summed E-state index contributed by atoms with van der Waals surface area (Å²) in [4.78, 5) is 2.94. The van der Waals surface area contributed by atoms with E-state index in [-0.39, 0.29) is 0 Å². The van der Waals surface area contributed by atoms with Crippen molar-refractivity contribution in [3.05, 3.63) is 141 Å². The lowest BCUT2D eigenvalue weighted by Crippen LogP contribution is -2.27. The molecule has 2 nitrogen and oxygen atoms in total. The smallest absolute Gasteiger partial charge is 0.195 e. The predicted octanol–water partition coefficient (Wildman–Crippen LogP) is 9.72. The highest BCUT2D eigenvalue weighted by atomic mass is 32.1. The number of aliphatic hydroxyl groups is 2. The molecule has 0 amide bonds. The summed E-state index contributed by atoms with van der Waals surface area (Å²) in [5.41, 5.74) is -3.23. The highest BCUT2D eigenvalue weighted by molar-refractivity contribution is 7.21. The van der Waals surface area contributed by atoms with Crippen molar-refractivity contribution in [1.29, 1.82) is 0 Å². The monoisotopic (exact) mass is 614 g/mol. The second-order valence-corrected chi connectivity index (χ2v) is 14.6. The van der Waals surface area contributed by atoms with Crippen LogP contribution in [0.3, 0.4) is 0 Å². The van der Waals surface area contributed by atoms with Crippen molar-refractivity contribution in [3.8, 4) is 11.8 Å². The van der Waals surface area contributed by atoms with Gasteiger partial charge in [0.15, 0.2) is 11.2 Å². The van der Waals surface area contributed by atoms with E-state index >= 15 is 0 Å². The second-order valence-electron chi connectivity index (χ2n) is 10.3. The lowest BCUT2D eigenvalue weighted by Gasteiger charge is -2.23. The van der Waals surface area contributed by atoms with E-state index in [4.69, 9.17) is 0 Å². The van der Waals surface area contributed by atoms with Crippen molar-refractivity contribution < 1.29 is 10.2 Å². The second kappa shape index (κ2) is 9.89. The molecule has 202 valence electrons. The van der Waals surface area contributed by atoms with Gasteiger partial charge in [0.25, 0.3) is 0 Å². The SMILES string of the molecule is OC(C#CC(O)(c1cc2ccccc2s1)c1cc2ccccc2s1)(c1cc2ccccc2s1)c1cc2ccccc2s1. The fourth-order valence-corrected chi connectivity index (χ4v) is 9.93. The Morgan fingerprint density at radius 1 is 0.381 bits per heavy atom. The van der Waals surface area contributed by atoms with E-state index in [1.165, 1.54) is 45.3 Å². The summed E-state index contributed by atoms with van der Waals surface area (Å²) in [5, 5.41) is 29.5. The zero-order chi connectivity index (χ0) is 28.3. The zero-order valence-corrected chi connectivity index (χ0v) is 25.3. The van der Waals surface area contributed by atoms with Crippen LogP contribution in [0.25, 0.3) is 40.3 Å². The number of rotatable bonds is 4. The van der Waals surface area contributed by atoms with Crippen LogP contribution < -0.4 is 0 Å². The van der Waals surface area contributed by atoms with Gasteiger partial charge in [-0.3, -0.25) is 0 Å². The first kappa shape index (κ1) is 25.9. The van der Waals surface area contributed by atoms with Gasteiger partial charge in [-0.15, -0.1) is 45.3 Å². The minimum atomic E-state index is -1.62. The Morgan fingerprint density at radius 2 is 0.619 bits per heavy atom. The van der Waals surface area contributed by atoms with Crippen LogP contribution in [0.4, 0.5) is 0 Å². The van der Waals surface area contributed by atoms with E-state index in [0.29, 0.717) is 0 Å². The minimum absolute atomic E-state index is 0.734. The molecule has 0 bridgehead atoms.